The van der Waals surface area contributed by atoms with Gasteiger partial charge in [0.2, 0.25) is 5.91 Å². The smallest absolute Gasteiger partial charge is 0.253 e. The third kappa shape index (κ3) is 3.42. The molecule has 138 valence electrons. The van der Waals surface area contributed by atoms with Crippen molar-refractivity contribution in [1.82, 2.24) is 10.3 Å². The number of primary amides is 1. The number of fused-ring (bicyclic) bond motifs is 2. The minimum Gasteiger partial charge on any atom is -0.368 e. The fourth-order valence-electron chi connectivity index (χ4n) is 3.49. The molecular formula is C23H19N3O2. The lowest BCUT2D eigenvalue weighted by Gasteiger charge is -2.18. The molecule has 0 fully saturated rings. The van der Waals surface area contributed by atoms with Crippen molar-refractivity contribution in [3.05, 3.63) is 90.3 Å². The summed E-state index contributed by atoms with van der Waals surface area (Å²) in [7, 11) is 0. The molecule has 28 heavy (non-hydrogen) atoms. The summed E-state index contributed by atoms with van der Waals surface area (Å²) in [6.07, 6.45) is 3.36. The van der Waals surface area contributed by atoms with Gasteiger partial charge in [-0.2, -0.15) is 0 Å². The number of amides is 2. The van der Waals surface area contributed by atoms with E-state index in [1.807, 2.05) is 48.5 Å². The molecule has 0 radical (unpaired) electrons. The van der Waals surface area contributed by atoms with E-state index in [1.165, 1.54) is 6.20 Å². The third-order valence-electron chi connectivity index (χ3n) is 4.86. The summed E-state index contributed by atoms with van der Waals surface area (Å²) >= 11 is 0. The second-order valence-corrected chi connectivity index (χ2v) is 6.67. The van der Waals surface area contributed by atoms with Crippen LogP contribution >= 0.6 is 0 Å². The average Bonchev–Trinajstić information content (AvgIpc) is 2.73. The molecule has 0 saturated carbocycles. The number of hydrogen-bond donors (Lipinski definition) is 2. The Morgan fingerprint density at radius 2 is 1.57 bits per heavy atom. The van der Waals surface area contributed by atoms with Gasteiger partial charge in [-0.05, 0) is 45.3 Å². The summed E-state index contributed by atoms with van der Waals surface area (Å²) in [5.74, 6) is -0.948. The second-order valence-electron chi connectivity index (χ2n) is 6.67. The summed E-state index contributed by atoms with van der Waals surface area (Å²) in [5.41, 5.74) is 7.01. The maximum atomic E-state index is 12.5. The van der Waals surface area contributed by atoms with Crippen molar-refractivity contribution in [2.75, 3.05) is 0 Å². The SMILES string of the molecule is NC(=O)[C@@H](Cc1c2ccccc2cc2ccccc12)NC(=O)c1cccnc1. The fourth-order valence-corrected chi connectivity index (χ4v) is 3.49. The highest BCUT2D eigenvalue weighted by Gasteiger charge is 2.22. The van der Waals surface area contributed by atoms with Gasteiger partial charge in [0.25, 0.3) is 5.91 Å². The Morgan fingerprint density at radius 1 is 0.929 bits per heavy atom. The zero-order valence-electron chi connectivity index (χ0n) is 15.1. The van der Waals surface area contributed by atoms with E-state index in [0.717, 1.165) is 27.1 Å². The van der Waals surface area contributed by atoms with Crippen molar-refractivity contribution in [2.24, 2.45) is 5.73 Å². The van der Waals surface area contributed by atoms with E-state index in [4.69, 9.17) is 5.73 Å². The van der Waals surface area contributed by atoms with E-state index in [9.17, 15) is 9.59 Å². The lowest BCUT2D eigenvalue weighted by atomic mass is 9.92. The van der Waals surface area contributed by atoms with Crippen LogP contribution in [0.1, 0.15) is 15.9 Å². The summed E-state index contributed by atoms with van der Waals surface area (Å²) in [6.45, 7) is 0. The van der Waals surface area contributed by atoms with Gasteiger partial charge >= 0.3 is 0 Å². The largest absolute Gasteiger partial charge is 0.368 e. The normalized spacial score (nSPS) is 12.0. The first-order valence-corrected chi connectivity index (χ1v) is 9.03. The van der Waals surface area contributed by atoms with Crippen LogP contribution in [-0.2, 0) is 11.2 Å². The van der Waals surface area contributed by atoms with Crippen LogP contribution in [-0.4, -0.2) is 22.8 Å². The van der Waals surface area contributed by atoms with E-state index in [-0.39, 0.29) is 5.91 Å². The number of pyridine rings is 1. The number of aromatic nitrogens is 1. The molecule has 0 bridgehead atoms. The monoisotopic (exact) mass is 369 g/mol. The molecule has 2 amide bonds. The van der Waals surface area contributed by atoms with Crippen LogP contribution in [0.4, 0.5) is 0 Å². The molecule has 0 spiro atoms. The number of nitrogens with two attached hydrogens (primary N) is 1. The molecule has 4 aromatic rings. The molecule has 1 atom stereocenters. The first kappa shape index (κ1) is 17.7. The number of carbonyl (C=O) groups is 2. The van der Waals surface area contributed by atoms with Crippen LogP contribution in [0.2, 0.25) is 0 Å². The third-order valence-corrected chi connectivity index (χ3v) is 4.86. The van der Waals surface area contributed by atoms with Crippen molar-refractivity contribution in [1.29, 1.82) is 0 Å². The van der Waals surface area contributed by atoms with Crippen LogP contribution < -0.4 is 11.1 Å². The van der Waals surface area contributed by atoms with Crippen LogP contribution in [0.5, 0.6) is 0 Å². The molecule has 0 aliphatic rings. The Bertz CT molecular complexity index is 1120. The topological polar surface area (TPSA) is 85.1 Å². The summed E-state index contributed by atoms with van der Waals surface area (Å²) in [4.78, 5) is 28.6. The minimum absolute atomic E-state index is 0.309. The first-order valence-electron chi connectivity index (χ1n) is 9.03. The average molecular weight is 369 g/mol. The van der Waals surface area contributed by atoms with E-state index in [1.54, 1.807) is 18.3 Å². The molecule has 1 heterocycles. The summed E-state index contributed by atoms with van der Waals surface area (Å²) < 4.78 is 0. The Morgan fingerprint density at radius 3 is 2.14 bits per heavy atom. The Kier molecular flexibility index (Phi) is 4.72. The van der Waals surface area contributed by atoms with E-state index in [0.29, 0.717) is 12.0 Å². The van der Waals surface area contributed by atoms with Gasteiger partial charge in [-0.25, -0.2) is 0 Å². The van der Waals surface area contributed by atoms with Gasteiger partial charge in [0, 0.05) is 18.8 Å². The molecule has 3 aromatic carbocycles. The van der Waals surface area contributed by atoms with Gasteiger partial charge < -0.3 is 11.1 Å². The molecular weight excluding hydrogens is 350 g/mol. The second kappa shape index (κ2) is 7.48. The zero-order valence-corrected chi connectivity index (χ0v) is 15.1. The Balaban J connectivity index is 1.75. The zero-order chi connectivity index (χ0) is 19.5. The number of rotatable bonds is 5. The van der Waals surface area contributed by atoms with Gasteiger partial charge in [-0.3, -0.25) is 14.6 Å². The standard InChI is InChI=1S/C23H19N3O2/c24-22(27)21(26-23(28)17-8-5-11-25-14-17)13-20-18-9-3-1-6-15(18)12-16-7-2-4-10-19(16)20/h1-12,14,21H,13H2,(H2,24,27)(H,26,28)/t21-/m1/s1. The molecule has 4 rings (SSSR count). The van der Waals surface area contributed by atoms with Crippen LogP contribution in [0.15, 0.2) is 79.1 Å². The first-order chi connectivity index (χ1) is 13.6. The van der Waals surface area contributed by atoms with E-state index in [2.05, 4.69) is 16.4 Å². The maximum Gasteiger partial charge on any atom is 0.253 e. The van der Waals surface area contributed by atoms with Crippen molar-refractivity contribution in [3.8, 4) is 0 Å². The Labute approximate surface area is 162 Å². The predicted molar refractivity (Wildman–Crippen MR) is 110 cm³/mol. The van der Waals surface area contributed by atoms with Gasteiger partial charge in [0.05, 0.1) is 5.56 Å². The quantitative estimate of drug-likeness (QED) is 0.530. The molecule has 5 nitrogen and oxygen atoms in total. The van der Waals surface area contributed by atoms with Gasteiger partial charge in [0.15, 0.2) is 0 Å². The molecule has 0 unspecified atom stereocenters. The summed E-state index contributed by atoms with van der Waals surface area (Å²) in [5, 5.41) is 7.01. The number of hydrogen-bond acceptors (Lipinski definition) is 3. The van der Waals surface area contributed by atoms with Crippen molar-refractivity contribution in [2.45, 2.75) is 12.5 Å². The van der Waals surface area contributed by atoms with Gasteiger partial charge in [-0.1, -0.05) is 48.5 Å². The summed E-state index contributed by atoms with van der Waals surface area (Å²) in [6, 6.07) is 20.6. The van der Waals surface area contributed by atoms with Crippen molar-refractivity contribution < 1.29 is 9.59 Å². The number of nitrogens with one attached hydrogen (secondary N) is 1. The molecule has 3 N–H and O–H groups in total. The van der Waals surface area contributed by atoms with Crippen molar-refractivity contribution in [3.63, 3.8) is 0 Å². The lowest BCUT2D eigenvalue weighted by Crippen LogP contribution is -2.45. The minimum atomic E-state index is -0.832. The maximum absolute atomic E-state index is 12.5. The Hall–Kier alpha value is -3.73. The molecule has 0 aliphatic carbocycles. The fraction of sp³-hybridized carbons (Fsp3) is 0.0870. The van der Waals surface area contributed by atoms with Crippen LogP contribution in [0, 0.1) is 0 Å². The van der Waals surface area contributed by atoms with Gasteiger partial charge in [0.1, 0.15) is 6.04 Å². The number of carbonyl (C=O) groups excluding carboxylic acids is 2. The molecule has 0 aliphatic heterocycles. The van der Waals surface area contributed by atoms with Crippen LogP contribution in [0.3, 0.4) is 0 Å². The van der Waals surface area contributed by atoms with Gasteiger partial charge in [-0.15, -0.1) is 0 Å². The molecule has 1 aromatic heterocycles. The van der Waals surface area contributed by atoms with Crippen molar-refractivity contribution >= 4 is 33.4 Å². The molecule has 5 heteroatoms. The predicted octanol–water partition coefficient (Wildman–Crippen LogP) is 3.21. The highest BCUT2D eigenvalue weighted by Crippen LogP contribution is 2.29. The van der Waals surface area contributed by atoms with E-state index < -0.39 is 11.9 Å². The lowest BCUT2D eigenvalue weighted by molar-refractivity contribution is -0.119. The van der Waals surface area contributed by atoms with E-state index >= 15 is 0 Å². The highest BCUT2D eigenvalue weighted by atomic mass is 16.2. The number of benzene rings is 3. The molecule has 0 saturated heterocycles. The highest BCUT2D eigenvalue weighted by molar-refractivity contribution is 6.03. The van der Waals surface area contributed by atoms with Crippen LogP contribution in [0.25, 0.3) is 21.5 Å². The number of nitrogens with zero attached hydrogens (tertiary/aromatic N) is 1.